The van der Waals surface area contributed by atoms with Gasteiger partial charge in [0.2, 0.25) is 0 Å². The Kier molecular flexibility index (Phi) is 10.4. The molecule has 1 unspecified atom stereocenters. The largest absolute Gasteiger partial charge is 0.380 e. The van der Waals surface area contributed by atoms with Gasteiger partial charge in [-0.05, 0) is 37.2 Å². The fraction of sp³-hybridized carbons (Fsp3) is 0.632. The van der Waals surface area contributed by atoms with Gasteiger partial charge in [0, 0.05) is 45.4 Å². The first-order valence-corrected chi connectivity index (χ1v) is 9.08. The van der Waals surface area contributed by atoms with Gasteiger partial charge in [0.1, 0.15) is 5.82 Å². The third kappa shape index (κ3) is 6.06. The number of guanidine groups is 1. The lowest BCUT2D eigenvalue weighted by Gasteiger charge is -2.27. The van der Waals surface area contributed by atoms with E-state index in [0.29, 0.717) is 18.2 Å². The maximum atomic E-state index is 13.7. The number of halogens is 2. The van der Waals surface area contributed by atoms with Gasteiger partial charge >= 0.3 is 0 Å². The van der Waals surface area contributed by atoms with Gasteiger partial charge in [-0.2, -0.15) is 0 Å². The number of rotatable bonds is 7. The Labute approximate surface area is 174 Å². The predicted octanol–water partition coefficient (Wildman–Crippen LogP) is 3.08. The molecule has 1 aromatic carbocycles. The average Bonchev–Trinajstić information content (AvgIpc) is 3.09. The van der Waals surface area contributed by atoms with Gasteiger partial charge in [-0.1, -0.05) is 19.9 Å². The molecule has 1 fully saturated rings. The summed E-state index contributed by atoms with van der Waals surface area (Å²) in [6.45, 7) is 9.51. The van der Waals surface area contributed by atoms with Crippen LogP contribution < -0.4 is 5.32 Å². The molecule has 5 nitrogen and oxygen atoms in total. The molecule has 1 aliphatic rings. The molecule has 1 N–H and O–H groups in total. The van der Waals surface area contributed by atoms with Crippen molar-refractivity contribution < 1.29 is 9.13 Å². The highest BCUT2D eigenvalue weighted by atomic mass is 127. The first-order chi connectivity index (χ1) is 12.1. The van der Waals surface area contributed by atoms with E-state index in [4.69, 9.17) is 4.74 Å². The van der Waals surface area contributed by atoms with Crippen LogP contribution in [0.1, 0.15) is 31.4 Å². The van der Waals surface area contributed by atoms with E-state index in [-0.39, 0.29) is 36.4 Å². The van der Waals surface area contributed by atoms with E-state index >= 15 is 0 Å². The lowest BCUT2D eigenvalue weighted by atomic mass is 10.1. The Hall–Kier alpha value is -0.930. The molecule has 7 heteroatoms. The molecule has 1 heterocycles. The van der Waals surface area contributed by atoms with E-state index in [9.17, 15) is 4.39 Å². The summed E-state index contributed by atoms with van der Waals surface area (Å²) in [6.07, 6.45) is 1.16. The van der Waals surface area contributed by atoms with Crippen LogP contribution in [0.25, 0.3) is 0 Å². The highest BCUT2D eigenvalue weighted by molar-refractivity contribution is 14.0. The number of nitrogens with one attached hydrogen (secondary N) is 1. The van der Waals surface area contributed by atoms with Gasteiger partial charge in [0.05, 0.1) is 6.61 Å². The van der Waals surface area contributed by atoms with Gasteiger partial charge in [-0.15, -0.1) is 24.0 Å². The Balaban J connectivity index is 0.00000338. The molecule has 1 aromatic rings. The maximum Gasteiger partial charge on any atom is 0.193 e. The number of likely N-dealkylation sites (N-methyl/N-ethyl adjacent to an activating group) is 1. The van der Waals surface area contributed by atoms with E-state index in [1.54, 1.807) is 13.2 Å². The fourth-order valence-electron chi connectivity index (χ4n) is 3.49. The second-order valence-electron chi connectivity index (χ2n) is 6.37. The summed E-state index contributed by atoms with van der Waals surface area (Å²) < 4.78 is 18.8. The number of hydrogen-bond donors (Lipinski definition) is 1. The molecule has 2 rings (SSSR count). The molecule has 1 saturated heterocycles. The van der Waals surface area contributed by atoms with Crippen molar-refractivity contribution in [1.82, 2.24) is 15.1 Å². The number of aliphatic imine (C=N–C) groups is 1. The molecule has 1 atom stereocenters. The Morgan fingerprint density at radius 2 is 2.12 bits per heavy atom. The van der Waals surface area contributed by atoms with E-state index < -0.39 is 0 Å². The van der Waals surface area contributed by atoms with E-state index in [1.807, 2.05) is 13.1 Å². The first-order valence-electron chi connectivity index (χ1n) is 9.08. The van der Waals surface area contributed by atoms with Crippen LogP contribution >= 0.6 is 24.0 Å². The molecule has 0 bridgehead atoms. The third-order valence-corrected chi connectivity index (χ3v) is 4.86. The number of likely N-dealkylation sites (tertiary alicyclic amines) is 1. The minimum atomic E-state index is -0.225. The molecule has 1 aliphatic heterocycles. The van der Waals surface area contributed by atoms with Crippen LogP contribution in [0.15, 0.2) is 23.2 Å². The molecule has 148 valence electrons. The molecule has 26 heavy (non-hydrogen) atoms. The molecule has 0 radical (unpaired) electrons. The quantitative estimate of drug-likeness (QED) is 0.372. The summed E-state index contributed by atoms with van der Waals surface area (Å²) >= 11 is 0. The summed E-state index contributed by atoms with van der Waals surface area (Å²) in [5.74, 6) is 0.684. The minimum Gasteiger partial charge on any atom is -0.380 e. The number of nitrogens with zero attached hydrogens (tertiary/aromatic N) is 3. The molecule has 0 aromatic heterocycles. The zero-order valence-corrected chi connectivity index (χ0v) is 18.6. The summed E-state index contributed by atoms with van der Waals surface area (Å²) in [5, 5.41) is 3.41. The molecular formula is C19H32FIN4O. The first kappa shape index (κ1) is 23.1. The van der Waals surface area contributed by atoms with Crippen molar-refractivity contribution in [3.8, 4) is 0 Å². The summed E-state index contributed by atoms with van der Waals surface area (Å²) in [5.41, 5.74) is 1.61. The zero-order chi connectivity index (χ0) is 18.2. The standard InChI is InChI=1S/C19H31FN4O.HI/c1-5-23(6-2)17-9-10-24(13-17)19(21-3)22-12-15-7-8-18(20)16(11-15)14-25-4;/h7-8,11,17H,5-6,9-10,12-14H2,1-4H3,(H,21,22);1H. The summed E-state index contributed by atoms with van der Waals surface area (Å²) in [7, 11) is 3.39. The molecular weight excluding hydrogens is 446 g/mol. The number of hydrogen-bond acceptors (Lipinski definition) is 3. The fourth-order valence-corrected chi connectivity index (χ4v) is 3.49. The highest BCUT2D eigenvalue weighted by Gasteiger charge is 2.27. The molecule has 0 saturated carbocycles. The monoisotopic (exact) mass is 478 g/mol. The van der Waals surface area contributed by atoms with E-state index in [2.05, 4.69) is 34.0 Å². The van der Waals surface area contributed by atoms with Crippen molar-refractivity contribution >= 4 is 29.9 Å². The normalized spacial score (nSPS) is 17.5. The molecule has 0 amide bonds. The topological polar surface area (TPSA) is 40.1 Å². The lowest BCUT2D eigenvalue weighted by molar-refractivity contribution is 0.181. The minimum absolute atomic E-state index is 0. The van der Waals surface area contributed by atoms with Crippen LogP contribution in [0.5, 0.6) is 0 Å². The SMILES string of the molecule is CCN(CC)C1CCN(C(=NC)NCc2ccc(F)c(COC)c2)C1.I. The average molecular weight is 478 g/mol. The Morgan fingerprint density at radius 3 is 2.73 bits per heavy atom. The second-order valence-corrected chi connectivity index (χ2v) is 6.37. The summed E-state index contributed by atoms with van der Waals surface area (Å²) in [4.78, 5) is 9.23. The smallest absolute Gasteiger partial charge is 0.193 e. The van der Waals surface area contributed by atoms with E-state index in [0.717, 1.165) is 44.1 Å². The molecule has 0 spiro atoms. The van der Waals surface area contributed by atoms with Gasteiger partial charge in [0.15, 0.2) is 5.96 Å². The zero-order valence-electron chi connectivity index (χ0n) is 16.3. The van der Waals surface area contributed by atoms with Crippen molar-refractivity contribution in [3.05, 3.63) is 35.1 Å². The lowest BCUT2D eigenvalue weighted by Crippen LogP contribution is -2.43. The number of benzene rings is 1. The molecule has 0 aliphatic carbocycles. The van der Waals surface area contributed by atoms with E-state index in [1.165, 1.54) is 6.07 Å². The van der Waals surface area contributed by atoms with Crippen LogP contribution in [-0.2, 0) is 17.9 Å². The maximum absolute atomic E-state index is 13.7. The third-order valence-electron chi connectivity index (χ3n) is 4.86. The van der Waals surface area contributed by atoms with Crippen LogP contribution in [-0.4, -0.2) is 62.1 Å². The summed E-state index contributed by atoms with van der Waals surface area (Å²) in [6, 6.07) is 5.74. The van der Waals surface area contributed by atoms with Gasteiger partial charge in [-0.25, -0.2) is 4.39 Å². The predicted molar refractivity (Wildman–Crippen MR) is 116 cm³/mol. The van der Waals surface area contributed by atoms with Gasteiger partial charge in [-0.3, -0.25) is 9.89 Å². The van der Waals surface area contributed by atoms with Crippen molar-refractivity contribution in [2.24, 2.45) is 4.99 Å². The Morgan fingerprint density at radius 1 is 1.38 bits per heavy atom. The van der Waals surface area contributed by atoms with Crippen molar-refractivity contribution in [1.29, 1.82) is 0 Å². The van der Waals surface area contributed by atoms with Crippen molar-refractivity contribution in [2.45, 2.75) is 39.5 Å². The van der Waals surface area contributed by atoms with Crippen LogP contribution in [0.3, 0.4) is 0 Å². The second kappa shape index (κ2) is 11.7. The number of ether oxygens (including phenoxy) is 1. The van der Waals surface area contributed by atoms with Crippen LogP contribution in [0, 0.1) is 5.82 Å². The van der Waals surface area contributed by atoms with Crippen LogP contribution in [0.4, 0.5) is 4.39 Å². The van der Waals surface area contributed by atoms with Crippen LogP contribution in [0.2, 0.25) is 0 Å². The number of methoxy groups -OCH3 is 1. The highest BCUT2D eigenvalue weighted by Crippen LogP contribution is 2.16. The van der Waals surface area contributed by atoms with Gasteiger partial charge < -0.3 is 15.0 Å². The van der Waals surface area contributed by atoms with Gasteiger partial charge in [0.25, 0.3) is 0 Å². The van der Waals surface area contributed by atoms with Crippen molar-refractivity contribution in [3.63, 3.8) is 0 Å². The van der Waals surface area contributed by atoms with Crippen molar-refractivity contribution in [2.75, 3.05) is 40.3 Å². The Bertz CT molecular complexity index is 581.